The van der Waals surface area contributed by atoms with Gasteiger partial charge in [0, 0.05) is 28.1 Å². The van der Waals surface area contributed by atoms with Crippen molar-refractivity contribution in [1.82, 2.24) is 0 Å². The van der Waals surface area contributed by atoms with Crippen molar-refractivity contribution < 1.29 is 23.5 Å². The number of methoxy groups -OCH3 is 1. The van der Waals surface area contributed by atoms with Gasteiger partial charge in [-0.05, 0) is 43.3 Å². The highest BCUT2D eigenvalue weighted by Gasteiger charge is 2.23. The predicted molar refractivity (Wildman–Crippen MR) is 115 cm³/mol. The molecule has 30 heavy (non-hydrogen) atoms. The molecule has 1 aromatic heterocycles. The van der Waals surface area contributed by atoms with Gasteiger partial charge in [0.25, 0.3) is 0 Å². The van der Waals surface area contributed by atoms with Gasteiger partial charge in [0.1, 0.15) is 29.1 Å². The maximum atomic E-state index is 13.5. The number of hydrogen-bond acceptors (Lipinski definition) is 5. The molecule has 5 nitrogen and oxygen atoms in total. The van der Waals surface area contributed by atoms with Crippen molar-refractivity contribution in [2.45, 2.75) is 6.92 Å². The van der Waals surface area contributed by atoms with Crippen LogP contribution in [0.4, 0.5) is 0 Å². The number of rotatable bonds is 7. The maximum absolute atomic E-state index is 13.5. The lowest BCUT2D eigenvalue weighted by Gasteiger charge is -2.06. The van der Waals surface area contributed by atoms with Crippen molar-refractivity contribution in [3.8, 4) is 22.8 Å². The summed E-state index contributed by atoms with van der Waals surface area (Å²) in [7, 11) is 1.58. The monoisotopic (exact) mass is 400 g/mol. The van der Waals surface area contributed by atoms with Crippen molar-refractivity contribution in [2.24, 2.45) is 0 Å². The van der Waals surface area contributed by atoms with Gasteiger partial charge in [-0.15, -0.1) is 0 Å². The third-order valence-electron chi connectivity index (χ3n) is 4.86. The molecule has 0 spiro atoms. The Balaban J connectivity index is 1.86. The predicted octanol–water partition coefficient (Wildman–Crippen LogP) is 5.55. The van der Waals surface area contributed by atoms with E-state index in [0.29, 0.717) is 57.1 Å². The Morgan fingerprint density at radius 3 is 2.30 bits per heavy atom. The first-order chi connectivity index (χ1) is 14.6. The molecule has 0 radical (unpaired) electrons. The maximum Gasteiger partial charge on any atom is 0.197 e. The summed E-state index contributed by atoms with van der Waals surface area (Å²) >= 11 is 0. The average Bonchev–Trinajstić information content (AvgIpc) is 3.18. The summed E-state index contributed by atoms with van der Waals surface area (Å²) in [5, 5.41) is 0.698. The Morgan fingerprint density at radius 1 is 0.967 bits per heavy atom. The molecule has 0 fully saturated rings. The van der Waals surface area contributed by atoms with Crippen LogP contribution in [0.25, 0.3) is 22.3 Å². The van der Waals surface area contributed by atoms with Crippen LogP contribution in [0, 0.1) is 0 Å². The zero-order valence-corrected chi connectivity index (χ0v) is 16.7. The average molecular weight is 400 g/mol. The summed E-state index contributed by atoms with van der Waals surface area (Å²) in [6.45, 7) is 2.47. The van der Waals surface area contributed by atoms with Gasteiger partial charge in [-0.3, -0.25) is 9.59 Å². The van der Waals surface area contributed by atoms with E-state index in [1.165, 1.54) is 0 Å². The van der Waals surface area contributed by atoms with Gasteiger partial charge in [-0.1, -0.05) is 24.3 Å². The SMILES string of the molecule is CCOc1ccc(C(=O)c2c(-c3ccc(C=O)cc3)oc3cc(OC)ccc23)cc1. The van der Waals surface area contributed by atoms with E-state index in [1.54, 1.807) is 67.8 Å². The topological polar surface area (TPSA) is 65.7 Å². The fourth-order valence-electron chi connectivity index (χ4n) is 3.36. The van der Waals surface area contributed by atoms with E-state index < -0.39 is 0 Å². The molecule has 0 aliphatic rings. The number of hydrogen-bond donors (Lipinski definition) is 0. The minimum absolute atomic E-state index is 0.156. The summed E-state index contributed by atoms with van der Waals surface area (Å²) in [4.78, 5) is 24.5. The molecule has 0 atom stereocenters. The van der Waals surface area contributed by atoms with Crippen LogP contribution < -0.4 is 9.47 Å². The number of benzene rings is 3. The molecule has 0 unspecified atom stereocenters. The molecule has 4 rings (SSSR count). The number of ether oxygens (including phenoxy) is 2. The van der Waals surface area contributed by atoms with E-state index in [9.17, 15) is 9.59 Å². The van der Waals surface area contributed by atoms with Crippen LogP contribution in [0.5, 0.6) is 11.5 Å². The second-order valence-corrected chi connectivity index (χ2v) is 6.69. The standard InChI is InChI=1S/C25H20O5/c1-3-29-19-10-8-17(9-11-19)24(27)23-21-13-12-20(28-2)14-22(21)30-25(23)18-6-4-16(15-26)5-7-18/h4-15H,3H2,1-2H3. The van der Waals surface area contributed by atoms with Crippen LogP contribution in [-0.4, -0.2) is 25.8 Å². The van der Waals surface area contributed by atoms with E-state index in [4.69, 9.17) is 13.9 Å². The van der Waals surface area contributed by atoms with Gasteiger partial charge >= 0.3 is 0 Å². The van der Waals surface area contributed by atoms with Crippen molar-refractivity contribution in [3.63, 3.8) is 0 Å². The van der Waals surface area contributed by atoms with Gasteiger partial charge in [0.05, 0.1) is 19.3 Å². The quantitative estimate of drug-likeness (QED) is 0.301. The number of fused-ring (bicyclic) bond motifs is 1. The first-order valence-electron chi connectivity index (χ1n) is 9.58. The van der Waals surface area contributed by atoms with Gasteiger partial charge in [-0.2, -0.15) is 0 Å². The number of carbonyl (C=O) groups excluding carboxylic acids is 2. The molecule has 150 valence electrons. The highest BCUT2D eigenvalue weighted by molar-refractivity contribution is 6.19. The van der Waals surface area contributed by atoms with Crippen LogP contribution >= 0.6 is 0 Å². The third kappa shape index (κ3) is 3.57. The van der Waals surface area contributed by atoms with Crippen molar-refractivity contribution in [1.29, 1.82) is 0 Å². The summed E-state index contributed by atoms with van der Waals surface area (Å²) in [6, 6.07) is 19.4. The molecule has 0 bridgehead atoms. The largest absolute Gasteiger partial charge is 0.497 e. The van der Waals surface area contributed by atoms with Crippen molar-refractivity contribution in [2.75, 3.05) is 13.7 Å². The highest BCUT2D eigenvalue weighted by atomic mass is 16.5. The van der Waals surface area contributed by atoms with Gasteiger partial charge < -0.3 is 13.9 Å². The Labute approximate surface area is 173 Å². The molecule has 0 saturated carbocycles. The number of furan rings is 1. The number of carbonyl (C=O) groups is 2. The van der Waals surface area contributed by atoms with Gasteiger partial charge in [-0.25, -0.2) is 0 Å². The number of aldehydes is 1. The fraction of sp³-hybridized carbons (Fsp3) is 0.120. The zero-order chi connectivity index (χ0) is 21.1. The molecule has 0 aliphatic carbocycles. The molecule has 0 saturated heterocycles. The molecule has 4 aromatic rings. The van der Waals surface area contributed by atoms with E-state index in [1.807, 2.05) is 13.0 Å². The first-order valence-corrected chi connectivity index (χ1v) is 9.58. The smallest absolute Gasteiger partial charge is 0.197 e. The summed E-state index contributed by atoms with van der Waals surface area (Å²) in [5.41, 5.74) is 2.82. The molecule has 0 aliphatic heterocycles. The lowest BCUT2D eigenvalue weighted by Crippen LogP contribution is -2.02. The molecule has 5 heteroatoms. The first kappa shape index (κ1) is 19.5. The molecular weight excluding hydrogens is 380 g/mol. The van der Waals surface area contributed by atoms with Crippen LogP contribution in [0.15, 0.2) is 71.1 Å². The molecule has 0 N–H and O–H groups in total. The van der Waals surface area contributed by atoms with Crippen molar-refractivity contribution in [3.05, 3.63) is 83.4 Å². The van der Waals surface area contributed by atoms with Crippen LogP contribution in [0.3, 0.4) is 0 Å². The lowest BCUT2D eigenvalue weighted by molar-refractivity contribution is 0.103. The van der Waals surface area contributed by atoms with Gasteiger partial charge in [0.2, 0.25) is 0 Å². The summed E-state index contributed by atoms with van der Waals surface area (Å²) in [6.07, 6.45) is 0.777. The lowest BCUT2D eigenvalue weighted by atomic mass is 9.97. The zero-order valence-electron chi connectivity index (χ0n) is 16.7. The second kappa shape index (κ2) is 8.25. The van der Waals surface area contributed by atoms with Crippen LogP contribution in [-0.2, 0) is 0 Å². The summed E-state index contributed by atoms with van der Waals surface area (Å²) < 4.78 is 16.9. The fourth-order valence-corrected chi connectivity index (χ4v) is 3.36. The Bertz CT molecular complexity index is 1200. The Kier molecular flexibility index (Phi) is 5.35. The van der Waals surface area contributed by atoms with Crippen molar-refractivity contribution >= 4 is 23.0 Å². The Morgan fingerprint density at radius 2 is 1.67 bits per heavy atom. The van der Waals surface area contributed by atoms with Crippen LogP contribution in [0.2, 0.25) is 0 Å². The second-order valence-electron chi connectivity index (χ2n) is 6.69. The molecular formula is C25H20O5. The minimum atomic E-state index is -0.156. The van der Waals surface area contributed by atoms with E-state index in [2.05, 4.69) is 0 Å². The Hall–Kier alpha value is -3.86. The normalized spacial score (nSPS) is 10.7. The number of ketones is 1. The molecule has 1 heterocycles. The van der Waals surface area contributed by atoms with E-state index in [0.717, 1.165) is 6.29 Å². The third-order valence-corrected chi connectivity index (χ3v) is 4.86. The molecule has 3 aromatic carbocycles. The highest BCUT2D eigenvalue weighted by Crippen LogP contribution is 2.37. The minimum Gasteiger partial charge on any atom is -0.497 e. The van der Waals surface area contributed by atoms with Crippen LogP contribution in [0.1, 0.15) is 33.2 Å². The molecule has 0 amide bonds. The summed E-state index contributed by atoms with van der Waals surface area (Å²) in [5.74, 6) is 1.64. The van der Waals surface area contributed by atoms with E-state index >= 15 is 0 Å². The van der Waals surface area contributed by atoms with Gasteiger partial charge in [0.15, 0.2) is 5.78 Å². The van der Waals surface area contributed by atoms with E-state index in [-0.39, 0.29) is 5.78 Å².